The van der Waals surface area contributed by atoms with Gasteiger partial charge in [-0.25, -0.2) is 0 Å². The number of aliphatic hydroxyl groups is 3. The molecule has 1 rings (SSSR count). The number of nitrogens with zero attached hydrogens (tertiary/aromatic N) is 1. The first-order valence-corrected chi connectivity index (χ1v) is 25.7. The quantitative estimate of drug-likeness (QED) is 0.0325. The van der Waals surface area contributed by atoms with Crippen LogP contribution in [0.25, 0.3) is 0 Å². The maximum absolute atomic E-state index is 14.1. The summed E-state index contributed by atoms with van der Waals surface area (Å²) in [5.74, 6) is -1.79. The Morgan fingerprint density at radius 1 is 0.581 bits per heavy atom. The molecule has 1 saturated heterocycles. The van der Waals surface area contributed by atoms with Gasteiger partial charge in [-0.1, -0.05) is 188 Å². The van der Waals surface area contributed by atoms with Gasteiger partial charge in [-0.15, -0.1) is 0 Å². The van der Waals surface area contributed by atoms with Gasteiger partial charge in [-0.2, -0.15) is 0 Å². The second-order valence-electron chi connectivity index (χ2n) is 18.8. The third kappa shape index (κ3) is 27.8. The summed E-state index contributed by atoms with van der Waals surface area (Å²) in [5.41, 5.74) is 0. The molecule has 0 saturated carbocycles. The molecule has 0 spiro atoms. The van der Waals surface area contributed by atoms with Gasteiger partial charge in [0.05, 0.1) is 6.61 Å². The Morgan fingerprint density at radius 3 is 1.44 bits per heavy atom. The highest BCUT2D eigenvalue weighted by Gasteiger charge is 2.48. The van der Waals surface area contributed by atoms with E-state index in [2.05, 4.69) is 24.5 Å². The average Bonchev–Trinajstić information content (AvgIpc) is 3.24. The number of carbonyl (C=O) groups is 4. The Bertz CT molecular complexity index is 1140. The predicted octanol–water partition coefficient (Wildman–Crippen LogP) is 9.88. The number of unbranched alkanes of at least 4 members (excludes halogenated alkanes) is 26. The van der Waals surface area contributed by atoms with Crippen molar-refractivity contribution in [2.75, 3.05) is 13.2 Å². The van der Waals surface area contributed by atoms with Gasteiger partial charge < -0.3 is 40.7 Å². The minimum absolute atomic E-state index is 0.0408. The van der Waals surface area contributed by atoms with E-state index in [4.69, 9.17) is 9.84 Å². The lowest BCUT2D eigenvalue weighted by molar-refractivity contribution is -0.231. The zero-order valence-corrected chi connectivity index (χ0v) is 40.1. The molecule has 12 nitrogen and oxygen atoms in total. The van der Waals surface area contributed by atoms with Crippen LogP contribution in [0.1, 0.15) is 240 Å². The van der Waals surface area contributed by atoms with Crippen molar-refractivity contribution in [3.05, 3.63) is 0 Å². The Hall–Kier alpha value is -2.28. The van der Waals surface area contributed by atoms with E-state index in [1.165, 1.54) is 109 Å². The standard InChI is InChI=1S/C50H95N3O9/c1-5-7-9-11-13-15-17-18-19-20-21-22-24-26-31-35-44(56)53(37-33-29-25-23-16-14-12-10-8-6-2)50-46(48(60)47(59)42(39-54)62-50)52-49(61)41(38-40(3)4)51-43(55)34-30-27-28-32-36-45(57)58/h40-42,46-48,50,54,59-60H,5-39H2,1-4H3,(H,51,55)(H,52,61)(H,57,58)/t41-,42+,46-,47+,48+,50+/m0/s1. The number of amides is 3. The number of carboxylic acids is 1. The summed E-state index contributed by atoms with van der Waals surface area (Å²) in [6.45, 7) is 8.14. The van der Waals surface area contributed by atoms with Crippen LogP contribution >= 0.6 is 0 Å². The highest BCUT2D eigenvalue weighted by Crippen LogP contribution is 2.26. The van der Waals surface area contributed by atoms with E-state index in [-0.39, 0.29) is 30.6 Å². The number of ether oxygens (including phenoxy) is 1. The molecule has 1 aliphatic rings. The van der Waals surface area contributed by atoms with Crippen molar-refractivity contribution in [1.82, 2.24) is 15.5 Å². The van der Waals surface area contributed by atoms with Gasteiger partial charge in [0.25, 0.3) is 0 Å². The van der Waals surface area contributed by atoms with Gasteiger partial charge in [0.2, 0.25) is 17.7 Å². The number of rotatable bonds is 41. The SMILES string of the molecule is CCCCCCCCCCCCCCCCCC(=O)N(CCCCCCCCCCCC)[C@@H]1O[C@H](CO)[C@@H](O)[C@H](O)[C@@H]1NC(=O)[C@H](CC(C)C)NC(=O)CCCCCCC(=O)O. The van der Waals surface area contributed by atoms with Crippen molar-refractivity contribution < 1.29 is 44.3 Å². The van der Waals surface area contributed by atoms with Crippen molar-refractivity contribution in [3.8, 4) is 0 Å². The van der Waals surface area contributed by atoms with Gasteiger partial charge >= 0.3 is 5.97 Å². The lowest BCUT2D eigenvalue weighted by atomic mass is 9.93. The third-order valence-electron chi connectivity index (χ3n) is 12.5. The van der Waals surface area contributed by atoms with Crippen molar-refractivity contribution >= 4 is 23.7 Å². The Balaban J connectivity index is 2.95. The molecule has 0 aliphatic carbocycles. The van der Waals surface area contributed by atoms with E-state index in [0.29, 0.717) is 57.9 Å². The van der Waals surface area contributed by atoms with Gasteiger partial charge in [0, 0.05) is 25.8 Å². The molecule has 12 heteroatoms. The van der Waals surface area contributed by atoms with Crippen LogP contribution in [0.15, 0.2) is 0 Å². The zero-order chi connectivity index (χ0) is 45.8. The molecule has 364 valence electrons. The zero-order valence-electron chi connectivity index (χ0n) is 40.1. The van der Waals surface area contributed by atoms with Gasteiger partial charge in [-0.05, 0) is 38.0 Å². The number of carboxylic acid groups (broad SMARTS) is 1. The number of aliphatic carboxylic acids is 1. The van der Waals surface area contributed by atoms with Crippen LogP contribution in [0.5, 0.6) is 0 Å². The van der Waals surface area contributed by atoms with Gasteiger partial charge in [-0.3, -0.25) is 19.2 Å². The molecule has 1 heterocycles. The van der Waals surface area contributed by atoms with Gasteiger partial charge in [0.1, 0.15) is 30.4 Å². The molecule has 1 aliphatic heterocycles. The second kappa shape index (κ2) is 38.0. The van der Waals surface area contributed by atoms with Crippen LogP contribution < -0.4 is 10.6 Å². The first kappa shape index (κ1) is 57.7. The summed E-state index contributed by atoms with van der Waals surface area (Å²) in [4.78, 5) is 53.6. The van der Waals surface area contributed by atoms with Crippen LogP contribution in [0, 0.1) is 5.92 Å². The maximum atomic E-state index is 14.1. The first-order valence-electron chi connectivity index (χ1n) is 25.7. The summed E-state index contributed by atoms with van der Waals surface area (Å²) in [7, 11) is 0. The Morgan fingerprint density at radius 2 is 1.00 bits per heavy atom. The van der Waals surface area contributed by atoms with E-state index in [1.807, 2.05) is 13.8 Å². The molecule has 6 N–H and O–H groups in total. The van der Waals surface area contributed by atoms with Gasteiger partial charge in [0.15, 0.2) is 6.23 Å². The molecule has 6 atom stereocenters. The summed E-state index contributed by atoms with van der Waals surface area (Å²) < 4.78 is 6.23. The fraction of sp³-hybridized carbons (Fsp3) is 0.920. The third-order valence-corrected chi connectivity index (χ3v) is 12.5. The number of hydrogen-bond acceptors (Lipinski definition) is 8. The van der Waals surface area contributed by atoms with Crippen molar-refractivity contribution in [3.63, 3.8) is 0 Å². The van der Waals surface area contributed by atoms with Crippen LogP contribution in [0.2, 0.25) is 0 Å². The van der Waals surface area contributed by atoms with Crippen molar-refractivity contribution in [2.45, 2.75) is 276 Å². The highest BCUT2D eigenvalue weighted by molar-refractivity contribution is 5.88. The lowest BCUT2D eigenvalue weighted by Crippen LogP contribution is -2.70. The molecule has 1 fully saturated rings. The van der Waals surface area contributed by atoms with E-state index in [1.54, 1.807) is 4.90 Å². The van der Waals surface area contributed by atoms with Crippen LogP contribution in [0.3, 0.4) is 0 Å². The van der Waals surface area contributed by atoms with E-state index in [9.17, 15) is 34.5 Å². The van der Waals surface area contributed by atoms with Crippen LogP contribution in [-0.2, 0) is 23.9 Å². The van der Waals surface area contributed by atoms with E-state index in [0.717, 1.165) is 38.5 Å². The van der Waals surface area contributed by atoms with Crippen molar-refractivity contribution in [2.24, 2.45) is 5.92 Å². The maximum Gasteiger partial charge on any atom is 0.303 e. The molecule has 0 aromatic heterocycles. The largest absolute Gasteiger partial charge is 0.481 e. The topological polar surface area (TPSA) is 186 Å². The summed E-state index contributed by atoms with van der Waals surface area (Å²) in [6, 6.07) is -2.13. The first-order chi connectivity index (χ1) is 30.0. The molecular weight excluding hydrogens is 787 g/mol. The second-order valence-corrected chi connectivity index (χ2v) is 18.8. The lowest BCUT2D eigenvalue weighted by Gasteiger charge is -2.47. The smallest absolute Gasteiger partial charge is 0.303 e. The van der Waals surface area contributed by atoms with Crippen LogP contribution in [0.4, 0.5) is 0 Å². The molecular formula is C50H95N3O9. The number of carbonyl (C=O) groups excluding carboxylic acids is 3. The average molecular weight is 882 g/mol. The molecule has 0 unspecified atom stereocenters. The summed E-state index contributed by atoms with van der Waals surface area (Å²) in [5, 5.41) is 47.3. The van der Waals surface area contributed by atoms with E-state index >= 15 is 0 Å². The molecule has 0 bridgehead atoms. The monoisotopic (exact) mass is 882 g/mol. The molecule has 3 amide bonds. The minimum atomic E-state index is -1.54. The van der Waals surface area contributed by atoms with Crippen LogP contribution in [-0.4, -0.2) is 98.8 Å². The normalized spacial score (nSPS) is 19.4. The molecule has 0 aromatic rings. The Kier molecular flexibility index (Phi) is 35.4. The number of nitrogens with one attached hydrogen (secondary N) is 2. The fourth-order valence-corrected chi connectivity index (χ4v) is 8.62. The molecule has 62 heavy (non-hydrogen) atoms. The number of aliphatic hydroxyl groups excluding tert-OH is 3. The fourth-order valence-electron chi connectivity index (χ4n) is 8.62. The highest BCUT2D eigenvalue weighted by atomic mass is 16.5. The minimum Gasteiger partial charge on any atom is -0.481 e. The Labute approximate surface area is 377 Å². The van der Waals surface area contributed by atoms with Crippen molar-refractivity contribution in [1.29, 1.82) is 0 Å². The van der Waals surface area contributed by atoms with E-state index < -0.39 is 55.1 Å². The number of hydrogen-bond donors (Lipinski definition) is 6. The molecule has 0 aromatic carbocycles. The summed E-state index contributed by atoms with van der Waals surface area (Å²) >= 11 is 0. The summed E-state index contributed by atoms with van der Waals surface area (Å²) in [6.07, 6.45) is 27.7. The predicted molar refractivity (Wildman–Crippen MR) is 250 cm³/mol. The molecule has 0 radical (unpaired) electrons.